The number of hydrogen-bond donors (Lipinski definition) is 0. The van der Waals surface area contributed by atoms with Crippen LogP contribution < -0.4 is 0 Å². The van der Waals surface area contributed by atoms with Crippen LogP contribution in [0.15, 0.2) is 5.38 Å². The molecule has 2 saturated heterocycles. The van der Waals surface area contributed by atoms with E-state index in [1.807, 2.05) is 13.0 Å². The lowest BCUT2D eigenvalue weighted by Crippen LogP contribution is -2.47. The van der Waals surface area contributed by atoms with Gasteiger partial charge in [0.05, 0.1) is 10.9 Å². The van der Waals surface area contributed by atoms with Gasteiger partial charge in [0.15, 0.2) is 18.3 Å². The number of rotatable bonds is 5. The van der Waals surface area contributed by atoms with Crippen molar-refractivity contribution < 1.29 is 19.1 Å². The number of aryl methyl sites for hydroxylation is 1. The minimum absolute atomic E-state index is 0.0612. The Morgan fingerprint density at radius 1 is 1.60 bits per heavy atom. The number of nitrogens with zero attached hydrogens (tertiary/aromatic N) is 3. The fourth-order valence-electron chi connectivity index (χ4n) is 3.09. The Bertz CT molecular complexity index is 772. The van der Waals surface area contributed by atoms with Crippen molar-refractivity contribution in [2.75, 3.05) is 12.4 Å². The predicted octanol–water partition coefficient (Wildman–Crippen LogP) is 1.63. The number of fused-ring (bicyclic) bond motifs is 1. The van der Waals surface area contributed by atoms with Gasteiger partial charge < -0.3 is 9.64 Å². The maximum atomic E-state index is 12.4. The number of thioether (sulfide) groups is 1. The number of carbonyl (C=O) groups is 3. The van der Waals surface area contributed by atoms with Crippen molar-refractivity contribution in [1.29, 1.82) is 5.26 Å². The van der Waals surface area contributed by atoms with Crippen LogP contribution in [0.4, 0.5) is 0 Å². The van der Waals surface area contributed by atoms with Gasteiger partial charge in [-0.15, -0.1) is 23.1 Å². The molecule has 0 N–H and O–H groups in total. The Hall–Kier alpha value is -1.92. The normalized spacial score (nSPS) is 26.2. The standard InChI is InChI=1S/C16H17N3O4S2/c1-9-7-24-14(18-9)10(5-17)12(20)6-23-15(22)11-8-25-16(2)4-3-13(21)19(11)16/h7,10-11H,3-4,6,8H2,1-2H3/t10-,11-,16+/m1/s1. The van der Waals surface area contributed by atoms with E-state index in [0.29, 0.717) is 23.6 Å². The molecule has 132 valence electrons. The number of carbonyl (C=O) groups excluding carboxylic acids is 3. The van der Waals surface area contributed by atoms with Crippen molar-refractivity contribution in [3.8, 4) is 6.07 Å². The summed E-state index contributed by atoms with van der Waals surface area (Å²) in [5, 5.41) is 11.4. The summed E-state index contributed by atoms with van der Waals surface area (Å²) in [4.78, 5) is 42.0. The number of aromatic nitrogens is 1. The van der Waals surface area contributed by atoms with Crippen LogP contribution in [0.5, 0.6) is 0 Å². The van der Waals surface area contributed by atoms with Gasteiger partial charge in [-0.3, -0.25) is 9.59 Å². The molecule has 1 aromatic rings. The van der Waals surface area contributed by atoms with E-state index in [2.05, 4.69) is 4.98 Å². The average Bonchev–Trinajstić information content (AvgIpc) is 3.22. The highest BCUT2D eigenvalue weighted by molar-refractivity contribution is 8.01. The summed E-state index contributed by atoms with van der Waals surface area (Å²) in [7, 11) is 0. The van der Waals surface area contributed by atoms with Crippen LogP contribution in [0.1, 0.15) is 36.4 Å². The first-order chi connectivity index (χ1) is 11.9. The molecule has 2 aliphatic rings. The molecule has 2 aliphatic heterocycles. The van der Waals surface area contributed by atoms with Gasteiger partial charge in [0.2, 0.25) is 5.91 Å². The largest absolute Gasteiger partial charge is 0.456 e. The van der Waals surface area contributed by atoms with E-state index in [9.17, 15) is 19.6 Å². The first kappa shape index (κ1) is 17.9. The molecule has 25 heavy (non-hydrogen) atoms. The fraction of sp³-hybridized carbons (Fsp3) is 0.562. The van der Waals surface area contributed by atoms with E-state index in [1.54, 1.807) is 29.0 Å². The van der Waals surface area contributed by atoms with E-state index < -0.39 is 30.3 Å². The zero-order valence-electron chi connectivity index (χ0n) is 13.9. The lowest BCUT2D eigenvalue weighted by molar-refractivity contribution is -0.155. The van der Waals surface area contributed by atoms with Crippen LogP contribution in [0.2, 0.25) is 0 Å². The number of hydrogen-bond acceptors (Lipinski definition) is 8. The summed E-state index contributed by atoms with van der Waals surface area (Å²) >= 11 is 2.79. The van der Waals surface area contributed by atoms with Gasteiger partial charge >= 0.3 is 5.97 Å². The number of Topliss-reactive ketones (excluding diaryl/α,β-unsaturated/α-hetero) is 1. The molecule has 2 fully saturated rings. The average molecular weight is 379 g/mol. The highest BCUT2D eigenvalue weighted by Crippen LogP contribution is 2.47. The van der Waals surface area contributed by atoms with Crippen LogP contribution >= 0.6 is 23.1 Å². The lowest BCUT2D eigenvalue weighted by atomic mass is 10.1. The van der Waals surface area contributed by atoms with Crippen LogP contribution in [0, 0.1) is 18.3 Å². The van der Waals surface area contributed by atoms with Crippen molar-refractivity contribution in [2.24, 2.45) is 0 Å². The van der Waals surface area contributed by atoms with E-state index >= 15 is 0 Å². The zero-order chi connectivity index (χ0) is 18.2. The summed E-state index contributed by atoms with van der Waals surface area (Å²) in [6.45, 7) is 3.23. The van der Waals surface area contributed by atoms with Crippen molar-refractivity contribution in [3.05, 3.63) is 16.1 Å². The highest BCUT2D eigenvalue weighted by Gasteiger charge is 2.53. The van der Waals surface area contributed by atoms with E-state index in [-0.39, 0.29) is 10.8 Å². The van der Waals surface area contributed by atoms with Gasteiger partial charge in [-0.2, -0.15) is 5.26 Å². The SMILES string of the molecule is Cc1csc([C@H](C#N)C(=O)COC(=O)[C@H]2CS[C@@]3(C)CCC(=O)N23)n1. The molecule has 7 nitrogen and oxygen atoms in total. The Morgan fingerprint density at radius 3 is 3.00 bits per heavy atom. The smallest absolute Gasteiger partial charge is 0.330 e. The molecule has 0 aromatic carbocycles. The molecule has 1 amide bonds. The minimum atomic E-state index is -1.04. The summed E-state index contributed by atoms with van der Waals surface area (Å²) in [5.41, 5.74) is 0.736. The van der Waals surface area contributed by atoms with E-state index in [1.165, 1.54) is 11.3 Å². The maximum Gasteiger partial charge on any atom is 0.330 e. The van der Waals surface area contributed by atoms with Gasteiger partial charge in [0.1, 0.15) is 11.0 Å². The first-order valence-electron chi connectivity index (χ1n) is 7.83. The zero-order valence-corrected chi connectivity index (χ0v) is 15.5. The molecule has 0 spiro atoms. The second-order valence-corrected chi connectivity index (χ2v) is 8.62. The molecule has 3 heterocycles. The third-order valence-corrected chi connectivity index (χ3v) is 6.94. The molecule has 1 aromatic heterocycles. The van der Waals surface area contributed by atoms with Crippen LogP contribution in [-0.2, 0) is 19.1 Å². The number of esters is 1. The summed E-state index contributed by atoms with van der Waals surface area (Å²) in [5.74, 6) is -1.74. The molecular formula is C16H17N3O4S2. The highest BCUT2D eigenvalue weighted by atomic mass is 32.2. The van der Waals surface area contributed by atoms with E-state index in [0.717, 1.165) is 5.69 Å². The third kappa shape index (κ3) is 3.28. The van der Waals surface area contributed by atoms with Crippen LogP contribution in [-0.4, -0.2) is 50.8 Å². The summed E-state index contributed by atoms with van der Waals surface area (Å²) < 4.78 is 5.13. The van der Waals surface area contributed by atoms with E-state index in [4.69, 9.17) is 4.74 Å². The summed E-state index contributed by atoms with van der Waals surface area (Å²) in [6.07, 6.45) is 1.13. The fourth-order valence-corrected chi connectivity index (χ4v) is 5.36. The second kappa shape index (κ2) is 6.77. The second-order valence-electron chi connectivity index (χ2n) is 6.23. The molecular weight excluding hydrogens is 362 g/mol. The Morgan fingerprint density at radius 2 is 2.36 bits per heavy atom. The van der Waals surface area contributed by atoms with Crippen molar-refractivity contribution in [1.82, 2.24) is 9.88 Å². The molecule has 3 atom stereocenters. The van der Waals surface area contributed by atoms with Crippen molar-refractivity contribution in [2.45, 2.75) is 43.5 Å². The van der Waals surface area contributed by atoms with Gasteiger partial charge in [0.25, 0.3) is 0 Å². The van der Waals surface area contributed by atoms with Gasteiger partial charge in [-0.05, 0) is 20.3 Å². The number of ether oxygens (including phenoxy) is 1. The molecule has 0 unspecified atom stereocenters. The number of thiazole rings is 1. The Kier molecular flexibility index (Phi) is 4.84. The lowest BCUT2D eigenvalue weighted by Gasteiger charge is -2.29. The monoisotopic (exact) mass is 379 g/mol. The van der Waals surface area contributed by atoms with Crippen LogP contribution in [0.3, 0.4) is 0 Å². The Balaban J connectivity index is 1.61. The molecule has 0 saturated carbocycles. The quantitative estimate of drug-likeness (QED) is 0.717. The Labute approximate surface area is 153 Å². The van der Waals surface area contributed by atoms with Crippen LogP contribution in [0.25, 0.3) is 0 Å². The third-order valence-electron chi connectivity index (χ3n) is 4.41. The molecule has 0 aliphatic carbocycles. The van der Waals surface area contributed by atoms with Gasteiger partial charge in [-0.25, -0.2) is 9.78 Å². The number of ketones is 1. The minimum Gasteiger partial charge on any atom is -0.456 e. The van der Waals surface area contributed by atoms with Gasteiger partial charge in [0, 0.05) is 23.2 Å². The topological polar surface area (TPSA) is 100 Å². The molecule has 3 rings (SSSR count). The predicted molar refractivity (Wildman–Crippen MR) is 91.9 cm³/mol. The van der Waals surface area contributed by atoms with Gasteiger partial charge in [-0.1, -0.05) is 0 Å². The first-order valence-corrected chi connectivity index (χ1v) is 9.69. The maximum absolute atomic E-state index is 12.4. The number of amides is 1. The summed E-state index contributed by atoms with van der Waals surface area (Å²) in [6, 6.07) is 1.25. The van der Waals surface area contributed by atoms with Crippen molar-refractivity contribution in [3.63, 3.8) is 0 Å². The molecule has 9 heteroatoms. The number of nitriles is 1. The molecule has 0 bridgehead atoms. The van der Waals surface area contributed by atoms with Crippen molar-refractivity contribution >= 4 is 40.8 Å². The molecule has 0 radical (unpaired) electrons.